The van der Waals surface area contributed by atoms with Crippen LogP contribution in [0.2, 0.25) is 0 Å². The first-order chi connectivity index (χ1) is 10.6. The quantitative estimate of drug-likeness (QED) is 0.811. The average Bonchev–Trinajstić information content (AvgIpc) is 3.05. The van der Waals surface area contributed by atoms with Gasteiger partial charge in [0.15, 0.2) is 11.5 Å². The lowest BCUT2D eigenvalue weighted by Crippen LogP contribution is -2.45. The van der Waals surface area contributed by atoms with Gasteiger partial charge in [-0.1, -0.05) is 18.9 Å². The summed E-state index contributed by atoms with van der Waals surface area (Å²) in [6.45, 7) is 2.50. The van der Waals surface area contributed by atoms with Crippen LogP contribution < -0.4 is 20.1 Å². The molecular formula is C17H26N2O3. The Kier molecular flexibility index (Phi) is 6.07. The molecule has 1 aliphatic rings. The molecule has 0 radical (unpaired) electrons. The van der Waals surface area contributed by atoms with Crippen LogP contribution in [0.4, 0.5) is 0 Å². The molecule has 1 amide bonds. The number of benzene rings is 1. The molecule has 0 bridgehead atoms. The zero-order chi connectivity index (χ0) is 15.9. The van der Waals surface area contributed by atoms with Crippen molar-refractivity contribution in [3.8, 4) is 11.5 Å². The van der Waals surface area contributed by atoms with E-state index in [0.717, 1.165) is 18.4 Å². The Bertz CT molecular complexity index is 499. The fourth-order valence-electron chi connectivity index (χ4n) is 2.75. The summed E-state index contributed by atoms with van der Waals surface area (Å²) in [5, 5.41) is 6.36. The van der Waals surface area contributed by atoms with E-state index in [-0.39, 0.29) is 11.9 Å². The molecule has 1 atom stereocenters. The molecular weight excluding hydrogens is 280 g/mol. The number of carbonyl (C=O) groups excluding carboxylic acids is 1. The Morgan fingerprint density at radius 2 is 1.91 bits per heavy atom. The van der Waals surface area contributed by atoms with Crippen molar-refractivity contribution in [1.82, 2.24) is 10.6 Å². The molecule has 122 valence electrons. The van der Waals surface area contributed by atoms with Gasteiger partial charge in [0.25, 0.3) is 0 Å². The van der Waals surface area contributed by atoms with E-state index in [2.05, 4.69) is 10.6 Å². The summed E-state index contributed by atoms with van der Waals surface area (Å²) in [6.07, 6.45) is 4.65. The molecule has 2 rings (SSSR count). The van der Waals surface area contributed by atoms with Crippen LogP contribution in [0.3, 0.4) is 0 Å². The van der Waals surface area contributed by atoms with Crippen molar-refractivity contribution in [1.29, 1.82) is 0 Å². The third-order valence-corrected chi connectivity index (χ3v) is 4.16. The van der Waals surface area contributed by atoms with Gasteiger partial charge in [-0.3, -0.25) is 4.79 Å². The second kappa shape index (κ2) is 8.03. The molecule has 0 aliphatic heterocycles. The molecule has 1 saturated carbocycles. The zero-order valence-corrected chi connectivity index (χ0v) is 13.6. The van der Waals surface area contributed by atoms with Gasteiger partial charge in [0.1, 0.15) is 0 Å². The largest absolute Gasteiger partial charge is 0.493 e. The zero-order valence-electron chi connectivity index (χ0n) is 13.6. The molecule has 0 heterocycles. The van der Waals surface area contributed by atoms with Gasteiger partial charge < -0.3 is 20.1 Å². The normalized spacial score (nSPS) is 16.3. The monoisotopic (exact) mass is 306 g/mol. The molecule has 1 aliphatic carbocycles. The maximum Gasteiger partial charge on any atom is 0.237 e. The molecule has 5 heteroatoms. The van der Waals surface area contributed by atoms with Gasteiger partial charge in [0.05, 0.1) is 20.3 Å². The smallest absolute Gasteiger partial charge is 0.237 e. The number of rotatable bonds is 7. The summed E-state index contributed by atoms with van der Waals surface area (Å²) in [4.78, 5) is 12.1. The second-order valence-corrected chi connectivity index (χ2v) is 5.78. The predicted molar refractivity (Wildman–Crippen MR) is 86.2 cm³/mol. The Hall–Kier alpha value is -1.75. The van der Waals surface area contributed by atoms with Crippen molar-refractivity contribution in [2.45, 2.75) is 51.2 Å². The average molecular weight is 306 g/mol. The van der Waals surface area contributed by atoms with Crippen molar-refractivity contribution < 1.29 is 14.3 Å². The van der Waals surface area contributed by atoms with Crippen molar-refractivity contribution >= 4 is 5.91 Å². The van der Waals surface area contributed by atoms with Gasteiger partial charge in [-0.25, -0.2) is 0 Å². The van der Waals surface area contributed by atoms with Crippen LogP contribution in [0.5, 0.6) is 11.5 Å². The first-order valence-corrected chi connectivity index (χ1v) is 7.88. The van der Waals surface area contributed by atoms with Gasteiger partial charge in [0.2, 0.25) is 5.91 Å². The highest BCUT2D eigenvalue weighted by Gasteiger charge is 2.20. The van der Waals surface area contributed by atoms with E-state index in [0.29, 0.717) is 24.1 Å². The summed E-state index contributed by atoms with van der Waals surface area (Å²) >= 11 is 0. The molecule has 0 aromatic heterocycles. The Morgan fingerprint density at radius 3 is 2.55 bits per heavy atom. The number of hydrogen-bond acceptors (Lipinski definition) is 4. The molecule has 0 unspecified atom stereocenters. The summed E-state index contributed by atoms with van der Waals surface area (Å²) < 4.78 is 10.5. The van der Waals surface area contributed by atoms with E-state index < -0.39 is 0 Å². The van der Waals surface area contributed by atoms with Gasteiger partial charge in [0, 0.05) is 12.6 Å². The van der Waals surface area contributed by atoms with E-state index in [1.165, 1.54) is 12.8 Å². The van der Waals surface area contributed by atoms with Gasteiger partial charge in [-0.2, -0.15) is 0 Å². The maximum atomic E-state index is 12.1. The minimum Gasteiger partial charge on any atom is -0.493 e. The molecule has 1 aromatic carbocycles. The fraction of sp³-hybridized carbons (Fsp3) is 0.588. The lowest BCUT2D eigenvalue weighted by molar-refractivity contribution is -0.123. The summed E-state index contributed by atoms with van der Waals surface area (Å²) in [5.41, 5.74) is 1.05. The van der Waals surface area contributed by atoms with Gasteiger partial charge in [-0.15, -0.1) is 0 Å². The summed E-state index contributed by atoms with van der Waals surface area (Å²) in [7, 11) is 3.23. The van der Waals surface area contributed by atoms with E-state index in [1.54, 1.807) is 14.2 Å². The van der Waals surface area contributed by atoms with Gasteiger partial charge in [-0.05, 0) is 37.5 Å². The molecule has 0 saturated heterocycles. The Balaban J connectivity index is 1.84. The number of amides is 1. The van der Waals surface area contributed by atoms with Crippen LogP contribution in [-0.2, 0) is 11.3 Å². The molecule has 1 fully saturated rings. The Morgan fingerprint density at radius 1 is 1.23 bits per heavy atom. The van der Waals surface area contributed by atoms with Crippen LogP contribution in [0, 0.1) is 0 Å². The number of ether oxygens (including phenoxy) is 2. The van der Waals surface area contributed by atoms with Crippen molar-refractivity contribution in [3.63, 3.8) is 0 Å². The lowest BCUT2D eigenvalue weighted by atomic mass is 10.1. The number of methoxy groups -OCH3 is 2. The third-order valence-electron chi connectivity index (χ3n) is 4.16. The topological polar surface area (TPSA) is 59.6 Å². The van der Waals surface area contributed by atoms with Crippen LogP contribution in [-0.4, -0.2) is 32.2 Å². The molecule has 1 aromatic rings. The Labute approximate surface area is 132 Å². The highest BCUT2D eigenvalue weighted by atomic mass is 16.5. The standard InChI is InChI=1S/C17H26N2O3/c1-12(17(20)19-14-6-4-5-7-14)18-11-13-8-9-15(21-2)16(10-13)22-3/h8-10,12,14,18H,4-7,11H2,1-3H3,(H,19,20)/t12-/m0/s1. The first-order valence-electron chi connectivity index (χ1n) is 7.88. The van der Waals surface area contributed by atoms with E-state index in [1.807, 2.05) is 25.1 Å². The van der Waals surface area contributed by atoms with Crippen LogP contribution in [0.25, 0.3) is 0 Å². The molecule has 22 heavy (non-hydrogen) atoms. The van der Waals surface area contributed by atoms with E-state index in [9.17, 15) is 4.79 Å². The van der Waals surface area contributed by atoms with E-state index in [4.69, 9.17) is 9.47 Å². The minimum absolute atomic E-state index is 0.0763. The third kappa shape index (κ3) is 4.37. The number of carbonyl (C=O) groups is 1. The molecule has 5 nitrogen and oxygen atoms in total. The number of nitrogens with one attached hydrogen (secondary N) is 2. The highest BCUT2D eigenvalue weighted by Crippen LogP contribution is 2.27. The van der Waals surface area contributed by atoms with Crippen LogP contribution >= 0.6 is 0 Å². The fourth-order valence-corrected chi connectivity index (χ4v) is 2.75. The van der Waals surface area contributed by atoms with Crippen LogP contribution in [0.1, 0.15) is 38.2 Å². The van der Waals surface area contributed by atoms with Gasteiger partial charge >= 0.3 is 0 Å². The second-order valence-electron chi connectivity index (χ2n) is 5.78. The summed E-state index contributed by atoms with van der Waals surface area (Å²) in [6, 6.07) is 5.91. The predicted octanol–water partition coefficient (Wildman–Crippen LogP) is 2.24. The van der Waals surface area contributed by atoms with Crippen molar-refractivity contribution in [2.24, 2.45) is 0 Å². The van der Waals surface area contributed by atoms with Crippen LogP contribution in [0.15, 0.2) is 18.2 Å². The SMILES string of the molecule is COc1ccc(CN[C@@H](C)C(=O)NC2CCCC2)cc1OC. The highest BCUT2D eigenvalue weighted by molar-refractivity contribution is 5.81. The summed E-state index contributed by atoms with van der Waals surface area (Å²) in [5.74, 6) is 1.48. The number of hydrogen-bond donors (Lipinski definition) is 2. The minimum atomic E-state index is -0.214. The molecule has 2 N–H and O–H groups in total. The molecule has 0 spiro atoms. The first kappa shape index (κ1) is 16.6. The lowest BCUT2D eigenvalue weighted by Gasteiger charge is -2.18. The van der Waals surface area contributed by atoms with E-state index >= 15 is 0 Å². The van der Waals surface area contributed by atoms with Crippen molar-refractivity contribution in [3.05, 3.63) is 23.8 Å². The van der Waals surface area contributed by atoms with Crippen molar-refractivity contribution in [2.75, 3.05) is 14.2 Å². The maximum absolute atomic E-state index is 12.1.